The van der Waals surface area contributed by atoms with Crippen LogP contribution in [-0.4, -0.2) is 48.1 Å². The molecule has 1 spiro atoms. The molecular formula is C25H25N3O2S3. The highest BCUT2D eigenvalue weighted by Crippen LogP contribution is 2.67. The molecule has 4 saturated heterocycles. The summed E-state index contributed by atoms with van der Waals surface area (Å²) in [7, 11) is 1.75. The molecule has 4 atom stereocenters. The Morgan fingerprint density at radius 1 is 1.03 bits per heavy atom. The van der Waals surface area contributed by atoms with Crippen molar-refractivity contribution in [2.45, 2.75) is 54.4 Å². The smallest absolute Gasteiger partial charge is 0.262 e. The molecule has 0 saturated carbocycles. The number of rotatable bonds is 3. The molecule has 0 unspecified atom stereocenters. The van der Waals surface area contributed by atoms with E-state index >= 15 is 0 Å². The van der Waals surface area contributed by atoms with Crippen LogP contribution in [0.25, 0.3) is 0 Å². The summed E-state index contributed by atoms with van der Waals surface area (Å²) in [6, 6.07) is 18.7. The van der Waals surface area contributed by atoms with Gasteiger partial charge in [-0.25, -0.2) is 0 Å². The van der Waals surface area contributed by atoms with Crippen molar-refractivity contribution in [1.29, 1.82) is 0 Å². The molecule has 7 rings (SSSR count). The van der Waals surface area contributed by atoms with Gasteiger partial charge in [-0.2, -0.15) is 0 Å². The Hall–Kier alpha value is -2.03. The van der Waals surface area contributed by atoms with Gasteiger partial charge in [0, 0.05) is 30.3 Å². The first-order valence-electron chi connectivity index (χ1n) is 11.3. The zero-order chi connectivity index (χ0) is 23.2. The molecule has 4 fully saturated rings. The lowest BCUT2D eigenvalue weighted by molar-refractivity contribution is -0.163. The Kier molecular flexibility index (Phi) is 4.56. The lowest BCUT2D eigenvalue weighted by Gasteiger charge is -2.51. The summed E-state index contributed by atoms with van der Waals surface area (Å²) in [5, 5.41) is 0. The highest BCUT2D eigenvalue weighted by atomic mass is 32.2. The average Bonchev–Trinajstić information content (AvgIpc) is 3.18. The number of carbonyl (C=O) groups excluding carboxylic acids is 2. The minimum Gasteiger partial charge on any atom is -0.320 e. The summed E-state index contributed by atoms with van der Waals surface area (Å²) in [5.41, 5.74) is 3.02. The van der Waals surface area contributed by atoms with E-state index in [9.17, 15) is 9.59 Å². The number of benzene rings is 2. The van der Waals surface area contributed by atoms with E-state index in [1.54, 1.807) is 11.9 Å². The molecule has 170 valence electrons. The minimum absolute atomic E-state index is 0.0164. The largest absolute Gasteiger partial charge is 0.320 e. The Bertz CT molecular complexity index is 1210. The number of anilines is 2. The Morgan fingerprint density at radius 3 is 2.45 bits per heavy atom. The summed E-state index contributed by atoms with van der Waals surface area (Å²) < 4.78 is 0.664. The van der Waals surface area contributed by atoms with E-state index in [1.807, 2.05) is 30.0 Å². The predicted octanol–water partition coefficient (Wildman–Crippen LogP) is 5.08. The van der Waals surface area contributed by atoms with E-state index in [-0.39, 0.29) is 23.4 Å². The second kappa shape index (κ2) is 6.99. The van der Waals surface area contributed by atoms with Gasteiger partial charge in [-0.3, -0.25) is 14.5 Å². The predicted molar refractivity (Wildman–Crippen MR) is 139 cm³/mol. The summed E-state index contributed by atoms with van der Waals surface area (Å²) in [4.78, 5) is 32.2. The Balaban J connectivity index is 1.67. The molecule has 33 heavy (non-hydrogen) atoms. The number of carbonyl (C=O) groups is 2. The fourth-order valence-corrected chi connectivity index (χ4v) is 10.2. The van der Waals surface area contributed by atoms with E-state index in [0.29, 0.717) is 9.95 Å². The van der Waals surface area contributed by atoms with Crippen molar-refractivity contribution in [2.75, 3.05) is 11.9 Å². The van der Waals surface area contributed by atoms with Crippen molar-refractivity contribution in [3.63, 3.8) is 0 Å². The summed E-state index contributed by atoms with van der Waals surface area (Å²) in [5.74, 6) is -0.0454. The van der Waals surface area contributed by atoms with Crippen LogP contribution in [0.3, 0.4) is 0 Å². The first-order valence-corrected chi connectivity index (χ1v) is 13.3. The van der Waals surface area contributed by atoms with Gasteiger partial charge >= 0.3 is 0 Å². The van der Waals surface area contributed by atoms with E-state index in [2.05, 4.69) is 48.2 Å². The molecule has 5 nitrogen and oxygen atoms in total. The number of hydrogen-bond acceptors (Lipinski definition) is 6. The first kappa shape index (κ1) is 21.5. The van der Waals surface area contributed by atoms with E-state index in [4.69, 9.17) is 12.2 Å². The molecule has 2 aromatic rings. The fourth-order valence-electron chi connectivity index (χ4n) is 6.39. The number of hydrogen-bond donors (Lipinski definition) is 0. The monoisotopic (exact) mass is 495 g/mol. The number of para-hydroxylation sites is 2. The van der Waals surface area contributed by atoms with E-state index in [1.165, 1.54) is 29.1 Å². The number of amides is 2. The first-order chi connectivity index (χ1) is 15.8. The van der Waals surface area contributed by atoms with Gasteiger partial charge in [-0.1, -0.05) is 85.5 Å². The van der Waals surface area contributed by atoms with Crippen molar-refractivity contribution >= 4 is 62.5 Å². The zero-order valence-electron chi connectivity index (χ0n) is 18.8. The maximum Gasteiger partial charge on any atom is 0.262 e. The number of fused-ring (bicyclic) bond motifs is 6. The molecule has 0 radical (unpaired) electrons. The zero-order valence-corrected chi connectivity index (χ0v) is 21.2. The molecule has 0 N–H and O–H groups in total. The highest BCUT2D eigenvalue weighted by Gasteiger charge is 2.76. The summed E-state index contributed by atoms with van der Waals surface area (Å²) in [6.45, 7) is 4.03. The van der Waals surface area contributed by atoms with Gasteiger partial charge in [-0.15, -0.1) is 0 Å². The molecule has 0 aliphatic carbocycles. The molecule has 2 amide bonds. The molecule has 5 aliphatic heterocycles. The molecule has 5 heterocycles. The van der Waals surface area contributed by atoms with Crippen LogP contribution in [0.1, 0.15) is 38.7 Å². The maximum atomic E-state index is 14.3. The number of nitrogens with zero attached hydrogens (tertiary/aromatic N) is 3. The third-order valence-electron chi connectivity index (χ3n) is 7.79. The number of thiocarbonyl (C=S) groups is 1. The Labute approximate surface area is 207 Å². The maximum absolute atomic E-state index is 14.3. The average molecular weight is 496 g/mol. The number of likely N-dealkylation sites (N-methyl/N-ethyl adjacent to an activating group) is 1. The van der Waals surface area contributed by atoms with Crippen LogP contribution in [0, 0.1) is 0 Å². The number of piperazine rings is 1. The van der Waals surface area contributed by atoms with Crippen LogP contribution in [0.15, 0.2) is 54.6 Å². The fraction of sp³-hybridized carbons (Fsp3) is 0.400. The molecule has 8 heteroatoms. The third kappa shape index (κ3) is 2.49. The van der Waals surface area contributed by atoms with Gasteiger partial charge in [0.15, 0.2) is 9.74 Å². The molecule has 2 bridgehead atoms. The van der Waals surface area contributed by atoms with Crippen LogP contribution in [-0.2, 0) is 15.0 Å². The van der Waals surface area contributed by atoms with Crippen LogP contribution in [0.5, 0.6) is 0 Å². The standard InChI is InChI=1S/C25H25N3O2S3/c1-4-14-24-15-25-21(30)26(3)23(2,32-22(31)33-25)20(29)28(25)19(24)27(16-10-6-5-7-11-16)18-13-9-8-12-17(18)24/h5-13,19H,4,14-15H2,1-3H3/t19-,23+,24-,25+/m1/s1. The molecule has 0 aromatic heterocycles. The second-order valence-corrected chi connectivity index (χ2v) is 13.3. The van der Waals surface area contributed by atoms with Crippen molar-refractivity contribution < 1.29 is 9.59 Å². The molecular weight excluding hydrogens is 470 g/mol. The second-order valence-electron chi connectivity index (χ2n) is 9.44. The quantitative estimate of drug-likeness (QED) is 0.553. The van der Waals surface area contributed by atoms with Gasteiger partial charge in [0.1, 0.15) is 9.69 Å². The van der Waals surface area contributed by atoms with Crippen LogP contribution < -0.4 is 4.90 Å². The molecule has 5 aliphatic rings. The number of thioether (sulfide) groups is 2. The van der Waals surface area contributed by atoms with Crippen molar-refractivity contribution in [3.05, 3.63) is 60.2 Å². The van der Waals surface area contributed by atoms with Crippen molar-refractivity contribution in [3.8, 4) is 0 Å². The van der Waals surface area contributed by atoms with Crippen LogP contribution in [0.2, 0.25) is 0 Å². The summed E-state index contributed by atoms with van der Waals surface area (Å²) in [6.07, 6.45) is 2.12. The van der Waals surface area contributed by atoms with Gasteiger partial charge < -0.3 is 9.80 Å². The van der Waals surface area contributed by atoms with Crippen LogP contribution in [0.4, 0.5) is 11.4 Å². The Morgan fingerprint density at radius 2 is 1.73 bits per heavy atom. The van der Waals surface area contributed by atoms with Gasteiger partial charge in [-0.05, 0) is 37.1 Å². The third-order valence-corrected chi connectivity index (χ3v) is 10.8. The van der Waals surface area contributed by atoms with Gasteiger partial charge in [0.05, 0.1) is 0 Å². The van der Waals surface area contributed by atoms with Crippen molar-refractivity contribution in [1.82, 2.24) is 9.80 Å². The van der Waals surface area contributed by atoms with E-state index < -0.39 is 9.74 Å². The normalized spacial score (nSPS) is 34.5. The van der Waals surface area contributed by atoms with E-state index in [0.717, 1.165) is 24.2 Å². The highest BCUT2D eigenvalue weighted by molar-refractivity contribution is 8.48. The summed E-state index contributed by atoms with van der Waals surface area (Å²) >= 11 is 8.48. The SMILES string of the molecule is CCC[C@]12C[C@@]34SC(=S)S[C@@](C)(C(=O)N3[C@H]1N(c1ccccc1)c1ccccc12)N(C)C4=O. The lowest BCUT2D eigenvalue weighted by atomic mass is 9.74. The lowest BCUT2D eigenvalue weighted by Crippen LogP contribution is -2.72. The van der Waals surface area contributed by atoms with Crippen molar-refractivity contribution in [2.24, 2.45) is 0 Å². The minimum atomic E-state index is -1.04. The van der Waals surface area contributed by atoms with Gasteiger partial charge in [0.2, 0.25) is 0 Å². The molecule has 2 aromatic carbocycles. The topological polar surface area (TPSA) is 43.9 Å². The van der Waals surface area contributed by atoms with Gasteiger partial charge in [0.25, 0.3) is 11.8 Å². The van der Waals surface area contributed by atoms with Crippen LogP contribution >= 0.6 is 35.7 Å².